The van der Waals surface area contributed by atoms with Crippen LogP contribution in [0, 0.1) is 5.92 Å². The van der Waals surface area contributed by atoms with Gasteiger partial charge in [0.15, 0.2) is 0 Å². The smallest absolute Gasteiger partial charge is 0.215 e. The van der Waals surface area contributed by atoms with E-state index < -0.39 is 21.4 Å². The van der Waals surface area contributed by atoms with Crippen molar-refractivity contribution < 1.29 is 13.0 Å². The lowest BCUT2D eigenvalue weighted by molar-refractivity contribution is 0.165. The van der Waals surface area contributed by atoms with Gasteiger partial charge in [0.2, 0.25) is 10.0 Å². The summed E-state index contributed by atoms with van der Waals surface area (Å²) in [7, 11) is 0.559. The Kier molecular flexibility index (Phi) is 8.14. The average molecular weight is 470 g/mol. The second-order valence-electron chi connectivity index (χ2n) is 10.4. The number of nitrogens with zero attached hydrogens (tertiary/aromatic N) is 2. The van der Waals surface area contributed by atoms with Crippen molar-refractivity contribution in [1.29, 1.82) is 0 Å². The molecular formula is C23H39N3O3S2. The molecule has 2 fully saturated rings. The zero-order chi connectivity index (χ0) is 22.8. The molecule has 1 N–H and O–H groups in total. The molecule has 1 aromatic carbocycles. The van der Waals surface area contributed by atoms with Crippen LogP contribution in [0.15, 0.2) is 30.3 Å². The van der Waals surface area contributed by atoms with Crippen LogP contribution in [0.2, 0.25) is 0 Å². The first kappa shape index (κ1) is 25.0. The molecule has 0 saturated carbocycles. The van der Waals surface area contributed by atoms with Gasteiger partial charge >= 0.3 is 0 Å². The molecule has 5 atom stereocenters. The monoisotopic (exact) mass is 469 g/mol. The van der Waals surface area contributed by atoms with Crippen LogP contribution in [0.25, 0.3) is 0 Å². The minimum Gasteiger partial charge on any atom is -0.598 e. The van der Waals surface area contributed by atoms with Crippen molar-refractivity contribution >= 4 is 21.4 Å². The number of fused-ring (bicyclic) bond motifs is 2. The Hall–Kier alpha value is -0.640. The van der Waals surface area contributed by atoms with E-state index in [-0.39, 0.29) is 28.6 Å². The summed E-state index contributed by atoms with van der Waals surface area (Å²) in [5.41, 5.74) is 1.22. The predicted octanol–water partition coefficient (Wildman–Crippen LogP) is 2.78. The van der Waals surface area contributed by atoms with E-state index in [2.05, 4.69) is 16.9 Å². The van der Waals surface area contributed by atoms with Gasteiger partial charge in [0, 0.05) is 30.0 Å². The van der Waals surface area contributed by atoms with Crippen molar-refractivity contribution in [3.63, 3.8) is 0 Å². The normalized spacial score (nSPS) is 26.9. The lowest BCUT2D eigenvalue weighted by atomic mass is 9.84. The van der Waals surface area contributed by atoms with Crippen molar-refractivity contribution in [2.75, 3.05) is 26.4 Å². The fourth-order valence-electron chi connectivity index (χ4n) is 4.85. The van der Waals surface area contributed by atoms with E-state index in [1.807, 2.05) is 62.3 Å². The molecule has 2 bridgehead atoms. The SMILES string of the molecule is CN(C)CCS(=O)(=O)N1[C@@H]2CC[C@H]1C[C@H]([C@@H](Cc1ccccc1)N[S@@+]([O-])C(C)(C)C)C2. The van der Waals surface area contributed by atoms with Crippen molar-refractivity contribution in [2.24, 2.45) is 5.92 Å². The van der Waals surface area contributed by atoms with E-state index in [1.54, 1.807) is 0 Å². The van der Waals surface area contributed by atoms with Crippen molar-refractivity contribution in [1.82, 2.24) is 13.9 Å². The van der Waals surface area contributed by atoms with Crippen LogP contribution in [-0.4, -0.2) is 71.4 Å². The lowest BCUT2D eigenvalue weighted by Crippen LogP contribution is -2.54. The summed E-state index contributed by atoms with van der Waals surface area (Å²) >= 11 is -1.17. The number of piperidine rings is 1. The highest BCUT2D eigenvalue weighted by Crippen LogP contribution is 2.42. The summed E-state index contributed by atoms with van der Waals surface area (Å²) in [4.78, 5) is 1.92. The Morgan fingerprint density at radius 3 is 2.26 bits per heavy atom. The Morgan fingerprint density at radius 1 is 1.16 bits per heavy atom. The van der Waals surface area contributed by atoms with Gasteiger partial charge in [-0.15, -0.1) is 4.72 Å². The summed E-state index contributed by atoms with van der Waals surface area (Å²) in [6, 6.07) is 10.5. The zero-order valence-electron chi connectivity index (χ0n) is 19.6. The van der Waals surface area contributed by atoms with Gasteiger partial charge in [-0.1, -0.05) is 30.3 Å². The molecule has 2 aliphatic heterocycles. The van der Waals surface area contributed by atoms with Crippen LogP contribution in [-0.2, 0) is 27.8 Å². The molecule has 0 aromatic heterocycles. The van der Waals surface area contributed by atoms with Gasteiger partial charge in [-0.05, 0) is 78.5 Å². The predicted molar refractivity (Wildman–Crippen MR) is 129 cm³/mol. The van der Waals surface area contributed by atoms with Crippen molar-refractivity contribution in [3.8, 4) is 0 Å². The van der Waals surface area contributed by atoms with E-state index in [0.717, 1.165) is 32.1 Å². The molecule has 0 spiro atoms. The maximum absolute atomic E-state index is 13.1. The number of hydrogen-bond donors (Lipinski definition) is 1. The zero-order valence-corrected chi connectivity index (χ0v) is 21.2. The first-order valence-corrected chi connectivity index (χ1v) is 14.1. The first-order valence-electron chi connectivity index (χ1n) is 11.4. The van der Waals surface area contributed by atoms with Gasteiger partial charge in [-0.2, -0.15) is 4.31 Å². The van der Waals surface area contributed by atoms with E-state index >= 15 is 0 Å². The van der Waals surface area contributed by atoms with Crippen molar-refractivity contribution in [3.05, 3.63) is 35.9 Å². The quantitative estimate of drug-likeness (QED) is 0.563. The maximum Gasteiger partial charge on any atom is 0.215 e. The van der Waals surface area contributed by atoms with Gasteiger partial charge in [0.25, 0.3) is 0 Å². The van der Waals surface area contributed by atoms with E-state index in [9.17, 15) is 13.0 Å². The molecule has 2 aliphatic rings. The number of nitrogens with one attached hydrogen (secondary N) is 1. The molecule has 3 rings (SSSR count). The fraction of sp³-hybridized carbons (Fsp3) is 0.739. The van der Waals surface area contributed by atoms with E-state index in [4.69, 9.17) is 0 Å². The second-order valence-corrected chi connectivity index (χ2v) is 14.4. The number of rotatable bonds is 9. The van der Waals surface area contributed by atoms with Gasteiger partial charge in [0.1, 0.15) is 4.75 Å². The Labute approximate surface area is 192 Å². The number of hydrogen-bond acceptors (Lipinski definition) is 5. The molecule has 0 unspecified atom stereocenters. The topological polar surface area (TPSA) is 75.7 Å². The molecule has 8 heteroatoms. The van der Waals surface area contributed by atoms with Crippen LogP contribution in [0.1, 0.15) is 52.0 Å². The largest absolute Gasteiger partial charge is 0.598 e. The molecule has 2 heterocycles. The van der Waals surface area contributed by atoms with Gasteiger partial charge in [-0.3, -0.25) is 0 Å². The summed E-state index contributed by atoms with van der Waals surface area (Å²) < 4.78 is 44.0. The maximum atomic E-state index is 13.1. The van der Waals surface area contributed by atoms with Gasteiger partial charge in [0.05, 0.1) is 11.8 Å². The molecule has 176 valence electrons. The lowest BCUT2D eigenvalue weighted by Gasteiger charge is -2.41. The average Bonchev–Trinajstić information content (AvgIpc) is 2.97. The van der Waals surface area contributed by atoms with Crippen LogP contribution in [0.3, 0.4) is 0 Å². The summed E-state index contributed by atoms with van der Waals surface area (Å²) in [6.07, 6.45) is 4.35. The minimum absolute atomic E-state index is 0.0668. The van der Waals surface area contributed by atoms with Crippen LogP contribution < -0.4 is 4.72 Å². The highest BCUT2D eigenvalue weighted by molar-refractivity contribution is 7.90. The van der Waals surface area contributed by atoms with Gasteiger partial charge in [-0.25, -0.2) is 8.42 Å². The molecule has 6 nitrogen and oxygen atoms in total. The molecule has 1 aromatic rings. The van der Waals surface area contributed by atoms with E-state index in [0.29, 0.717) is 12.5 Å². The molecule has 31 heavy (non-hydrogen) atoms. The third kappa shape index (κ3) is 6.45. The molecule has 0 amide bonds. The van der Waals surface area contributed by atoms with Crippen LogP contribution >= 0.6 is 0 Å². The molecule has 0 radical (unpaired) electrons. The third-order valence-electron chi connectivity index (χ3n) is 6.50. The van der Waals surface area contributed by atoms with E-state index in [1.165, 1.54) is 5.56 Å². The summed E-state index contributed by atoms with van der Waals surface area (Å²) in [5, 5.41) is 0. The Balaban J connectivity index is 1.76. The standard InChI is InChI=1S/C23H39N3O3S2/c1-23(2,3)30(27)24-22(15-18-9-7-6-8-10-18)19-16-20-11-12-21(17-19)26(20)31(28,29)14-13-25(4)5/h6-10,19-22,24H,11-17H2,1-5H3/t19-,20-,21+,22-,30+/m1/s1. The number of benzene rings is 1. The summed E-state index contributed by atoms with van der Waals surface area (Å²) in [5.74, 6) is 0.488. The second kappa shape index (κ2) is 10.1. The third-order valence-corrected chi connectivity index (χ3v) is 10.1. The van der Waals surface area contributed by atoms with Gasteiger partial charge < -0.3 is 9.45 Å². The Morgan fingerprint density at radius 2 is 1.74 bits per heavy atom. The molecular weight excluding hydrogens is 430 g/mol. The Bertz CT molecular complexity index is 797. The highest BCUT2D eigenvalue weighted by Gasteiger charge is 2.48. The van der Waals surface area contributed by atoms with Crippen LogP contribution in [0.5, 0.6) is 0 Å². The first-order chi connectivity index (χ1) is 14.5. The number of sulfonamides is 1. The molecule has 0 aliphatic carbocycles. The summed E-state index contributed by atoms with van der Waals surface area (Å²) in [6.45, 7) is 6.50. The molecule has 2 saturated heterocycles. The van der Waals surface area contributed by atoms with Crippen LogP contribution in [0.4, 0.5) is 0 Å². The van der Waals surface area contributed by atoms with Crippen molar-refractivity contribution in [2.45, 2.75) is 75.7 Å². The minimum atomic E-state index is -3.26. The fourth-order valence-corrected chi connectivity index (χ4v) is 7.85. The highest BCUT2D eigenvalue weighted by atomic mass is 32.2.